The number of fused-ring (bicyclic) bond motifs is 1. The van der Waals surface area contributed by atoms with Crippen molar-refractivity contribution in [1.29, 1.82) is 0 Å². The number of carbonyl (C=O) groups excluding carboxylic acids is 1. The molecular weight excluding hydrogens is 367 g/mol. The Hall–Kier alpha value is -2.73. The van der Waals surface area contributed by atoms with Crippen molar-refractivity contribution < 1.29 is 9.18 Å². The van der Waals surface area contributed by atoms with Crippen LogP contribution in [-0.2, 0) is 0 Å². The van der Waals surface area contributed by atoms with Gasteiger partial charge in [-0.05, 0) is 69.0 Å². The Bertz CT molecular complexity index is 1040. The summed E-state index contributed by atoms with van der Waals surface area (Å²) >= 11 is 0. The number of carbonyl (C=O) groups is 1. The van der Waals surface area contributed by atoms with Crippen LogP contribution >= 0.6 is 0 Å². The monoisotopic (exact) mass is 394 g/mol. The molecule has 0 saturated carbocycles. The molecule has 0 radical (unpaired) electrons. The molecular formula is C23H27FN4O. The lowest BCUT2D eigenvalue weighted by Crippen LogP contribution is -2.33. The van der Waals surface area contributed by atoms with Crippen LogP contribution in [0.2, 0.25) is 0 Å². The van der Waals surface area contributed by atoms with Gasteiger partial charge in [-0.3, -0.25) is 9.78 Å². The molecule has 152 valence electrons. The molecule has 3 aromatic rings. The smallest absolute Gasteiger partial charge is 0.256 e. The molecule has 1 aromatic carbocycles. The summed E-state index contributed by atoms with van der Waals surface area (Å²) in [5, 5.41) is 4.61. The van der Waals surface area contributed by atoms with E-state index in [0.29, 0.717) is 17.2 Å². The summed E-state index contributed by atoms with van der Waals surface area (Å²) in [4.78, 5) is 19.0. The Labute approximate surface area is 170 Å². The molecule has 5 nitrogen and oxygen atoms in total. The molecule has 1 atom stereocenters. The maximum Gasteiger partial charge on any atom is 0.256 e. The van der Waals surface area contributed by atoms with E-state index in [4.69, 9.17) is 0 Å². The zero-order valence-electron chi connectivity index (χ0n) is 17.2. The van der Waals surface area contributed by atoms with Crippen molar-refractivity contribution in [3.8, 4) is 5.69 Å². The van der Waals surface area contributed by atoms with Crippen molar-refractivity contribution >= 4 is 16.8 Å². The van der Waals surface area contributed by atoms with E-state index in [9.17, 15) is 9.18 Å². The minimum atomic E-state index is -0.416. The van der Waals surface area contributed by atoms with Crippen LogP contribution in [0.1, 0.15) is 48.5 Å². The molecule has 3 heterocycles. The molecule has 1 N–H and O–H groups in total. The highest BCUT2D eigenvalue weighted by Crippen LogP contribution is 2.34. The van der Waals surface area contributed by atoms with E-state index < -0.39 is 5.82 Å². The standard InChI is InChI=1S/C23H27FN4O/c1-15(2)27(3)23(29)19-11-17(24)6-7-21(19)28-14-20(16-5-4-9-25-12-16)18-8-10-26-13-22(18)28/h6-8,10-11,13-16,25H,4-5,9,12H2,1-3H3. The lowest BCUT2D eigenvalue weighted by atomic mass is 9.92. The molecule has 1 amide bonds. The second kappa shape index (κ2) is 7.95. The summed E-state index contributed by atoms with van der Waals surface area (Å²) in [7, 11) is 1.75. The van der Waals surface area contributed by atoms with Crippen LogP contribution in [0.4, 0.5) is 4.39 Å². The van der Waals surface area contributed by atoms with Gasteiger partial charge in [0.15, 0.2) is 0 Å². The molecule has 1 saturated heterocycles. The number of benzene rings is 1. The quantitative estimate of drug-likeness (QED) is 0.724. The fourth-order valence-electron chi connectivity index (χ4n) is 4.06. The second-order valence-corrected chi connectivity index (χ2v) is 8.06. The highest BCUT2D eigenvalue weighted by Gasteiger charge is 2.24. The molecule has 0 aliphatic carbocycles. The van der Waals surface area contributed by atoms with E-state index >= 15 is 0 Å². The Balaban J connectivity index is 1.88. The minimum Gasteiger partial charge on any atom is -0.339 e. The highest BCUT2D eigenvalue weighted by molar-refractivity contribution is 5.99. The number of piperidine rings is 1. The molecule has 2 aromatic heterocycles. The first-order valence-electron chi connectivity index (χ1n) is 10.2. The average Bonchev–Trinajstić information content (AvgIpc) is 3.13. The van der Waals surface area contributed by atoms with Gasteiger partial charge in [0.1, 0.15) is 5.82 Å². The van der Waals surface area contributed by atoms with Crippen LogP contribution < -0.4 is 5.32 Å². The number of hydrogen-bond acceptors (Lipinski definition) is 3. The Morgan fingerprint density at radius 2 is 2.17 bits per heavy atom. The average molecular weight is 394 g/mol. The van der Waals surface area contributed by atoms with Crippen LogP contribution in [0.25, 0.3) is 16.6 Å². The second-order valence-electron chi connectivity index (χ2n) is 8.06. The molecule has 4 rings (SSSR count). The van der Waals surface area contributed by atoms with Crippen LogP contribution in [0, 0.1) is 5.82 Å². The minimum absolute atomic E-state index is 0.0190. The fourth-order valence-corrected chi connectivity index (χ4v) is 4.06. The normalized spacial score (nSPS) is 17.1. The van der Waals surface area contributed by atoms with Gasteiger partial charge in [0, 0.05) is 37.4 Å². The lowest BCUT2D eigenvalue weighted by molar-refractivity contribution is 0.0754. The number of pyridine rings is 1. The van der Waals surface area contributed by atoms with Crippen molar-refractivity contribution in [2.45, 2.75) is 38.6 Å². The van der Waals surface area contributed by atoms with Gasteiger partial charge >= 0.3 is 0 Å². The molecule has 1 aliphatic rings. The van der Waals surface area contributed by atoms with Crippen LogP contribution in [-0.4, -0.2) is 46.5 Å². The number of hydrogen-bond donors (Lipinski definition) is 1. The van der Waals surface area contributed by atoms with Gasteiger partial charge in [0.25, 0.3) is 5.91 Å². The molecule has 0 bridgehead atoms. The van der Waals surface area contributed by atoms with Gasteiger partial charge in [-0.15, -0.1) is 0 Å². The largest absolute Gasteiger partial charge is 0.339 e. The van der Waals surface area contributed by atoms with E-state index in [1.54, 1.807) is 24.2 Å². The molecule has 1 unspecified atom stereocenters. The van der Waals surface area contributed by atoms with Crippen molar-refractivity contribution in [1.82, 2.24) is 19.8 Å². The number of nitrogens with zero attached hydrogens (tertiary/aromatic N) is 3. The third-order valence-corrected chi connectivity index (χ3v) is 5.92. The van der Waals surface area contributed by atoms with Gasteiger partial charge < -0.3 is 14.8 Å². The number of halogens is 1. The molecule has 1 fully saturated rings. The van der Waals surface area contributed by atoms with Gasteiger partial charge in [-0.2, -0.15) is 0 Å². The molecule has 1 aliphatic heterocycles. The summed E-state index contributed by atoms with van der Waals surface area (Å²) in [6.45, 7) is 5.88. The topological polar surface area (TPSA) is 50.2 Å². The van der Waals surface area contributed by atoms with E-state index in [0.717, 1.165) is 36.8 Å². The Morgan fingerprint density at radius 1 is 1.34 bits per heavy atom. The van der Waals surface area contributed by atoms with E-state index in [-0.39, 0.29) is 11.9 Å². The van der Waals surface area contributed by atoms with Crippen LogP contribution in [0.5, 0.6) is 0 Å². The summed E-state index contributed by atoms with van der Waals surface area (Å²) in [5.41, 5.74) is 3.21. The molecule has 29 heavy (non-hydrogen) atoms. The predicted octanol–water partition coefficient (Wildman–Crippen LogP) is 4.11. The van der Waals surface area contributed by atoms with Gasteiger partial charge in [-0.1, -0.05) is 0 Å². The zero-order chi connectivity index (χ0) is 20.5. The first-order chi connectivity index (χ1) is 14.0. The third-order valence-electron chi connectivity index (χ3n) is 5.92. The Kier molecular flexibility index (Phi) is 5.37. The van der Waals surface area contributed by atoms with Crippen molar-refractivity contribution in [2.24, 2.45) is 0 Å². The first kappa shape index (κ1) is 19.6. The maximum atomic E-state index is 14.1. The maximum absolute atomic E-state index is 14.1. The lowest BCUT2D eigenvalue weighted by Gasteiger charge is -2.23. The van der Waals surface area contributed by atoms with E-state index in [2.05, 4.69) is 16.5 Å². The predicted molar refractivity (Wildman–Crippen MR) is 113 cm³/mol. The molecule has 6 heteroatoms. The van der Waals surface area contributed by atoms with Crippen molar-refractivity contribution in [2.75, 3.05) is 20.1 Å². The highest BCUT2D eigenvalue weighted by atomic mass is 19.1. The number of nitrogens with one attached hydrogen (secondary N) is 1. The van der Waals surface area contributed by atoms with E-state index in [1.165, 1.54) is 17.7 Å². The van der Waals surface area contributed by atoms with Gasteiger partial charge in [0.05, 0.1) is 23.0 Å². The summed E-state index contributed by atoms with van der Waals surface area (Å²) < 4.78 is 16.1. The number of amides is 1. The summed E-state index contributed by atoms with van der Waals surface area (Å²) in [6, 6.07) is 6.48. The van der Waals surface area contributed by atoms with Crippen molar-refractivity contribution in [3.05, 3.63) is 59.8 Å². The van der Waals surface area contributed by atoms with E-state index in [1.807, 2.05) is 30.7 Å². The van der Waals surface area contributed by atoms with Gasteiger partial charge in [-0.25, -0.2) is 4.39 Å². The SMILES string of the molecule is CC(C)N(C)C(=O)c1cc(F)ccc1-n1cc(C2CCCNC2)c2ccncc21. The Morgan fingerprint density at radius 3 is 2.90 bits per heavy atom. The summed E-state index contributed by atoms with van der Waals surface area (Å²) in [5.74, 6) is -0.200. The van der Waals surface area contributed by atoms with Crippen LogP contribution in [0.3, 0.4) is 0 Å². The number of aromatic nitrogens is 2. The van der Waals surface area contributed by atoms with Gasteiger partial charge in [0.2, 0.25) is 0 Å². The first-order valence-corrected chi connectivity index (χ1v) is 10.2. The fraction of sp³-hybridized carbons (Fsp3) is 0.391. The van der Waals surface area contributed by atoms with Crippen LogP contribution in [0.15, 0.2) is 42.9 Å². The molecule has 0 spiro atoms. The zero-order valence-corrected chi connectivity index (χ0v) is 17.2. The third kappa shape index (κ3) is 3.65. The summed E-state index contributed by atoms with van der Waals surface area (Å²) in [6.07, 6.45) is 7.99. The van der Waals surface area contributed by atoms with Crippen molar-refractivity contribution in [3.63, 3.8) is 0 Å². The number of rotatable bonds is 4.